The molecule has 0 aromatic rings. The molecule has 6 heterocycles. The molecule has 6 aliphatic heterocycles. The van der Waals surface area contributed by atoms with Crippen LogP contribution in [0.25, 0.3) is 0 Å². The molecule has 392 valence electrons. The van der Waals surface area contributed by atoms with Gasteiger partial charge in [0.05, 0.1) is 39.6 Å². The molecule has 6 saturated heterocycles. The van der Waals surface area contributed by atoms with E-state index in [4.69, 9.17) is 52.1 Å². The van der Waals surface area contributed by atoms with Crippen LogP contribution in [0.15, 0.2) is 0 Å². The molecule has 30 atom stereocenters. The maximum absolute atomic E-state index is 11.2. The molecular weight excluding hydrogens is 928 g/mol. The molecule has 0 radical (unpaired) electrons. The van der Waals surface area contributed by atoms with Crippen LogP contribution in [-0.4, -0.2) is 326 Å². The summed E-state index contributed by atoms with van der Waals surface area (Å²) in [5.41, 5.74) is 0. The van der Waals surface area contributed by atoms with Gasteiger partial charge in [0.1, 0.15) is 146 Å². The SMILES string of the molecule is OC[C@H]1O[C@H](O[C@H]2[C@H](O)[C@@H](O)[C@@H](O[C@H]3[C@H](O)[C@@H](O)[C@@H](O[C@H]4[C@H](O)[C@@H](O)[C@@H](O[C@H]5[C@H](O)[C@@H](O)[C@@H](O[C@H]6[C@H](O)[C@@H](O)[C@H](O)O[C@@H]6CO)O[C@@H]5CO)O[C@@H]4CO)O[C@@H]3CO)O[C@@H]2CO)[C@H](O)[C@@H](O)[C@@H]1O. The summed E-state index contributed by atoms with van der Waals surface area (Å²) in [6.07, 6.45) is -56.5. The van der Waals surface area contributed by atoms with Crippen LogP contribution in [0.2, 0.25) is 0 Å². The highest BCUT2D eigenvalue weighted by atomic mass is 16.8. The van der Waals surface area contributed by atoms with Crippen molar-refractivity contribution in [3.8, 4) is 0 Å². The van der Waals surface area contributed by atoms with E-state index >= 15 is 0 Å². The van der Waals surface area contributed by atoms with Crippen molar-refractivity contribution in [1.29, 1.82) is 0 Å². The van der Waals surface area contributed by atoms with Crippen molar-refractivity contribution in [2.24, 2.45) is 0 Å². The summed E-state index contributed by atoms with van der Waals surface area (Å²) >= 11 is 0. The minimum absolute atomic E-state index is 0.830. The summed E-state index contributed by atoms with van der Waals surface area (Å²) in [4.78, 5) is 0. The summed E-state index contributed by atoms with van der Waals surface area (Å²) in [6.45, 7) is -5.67. The largest absolute Gasteiger partial charge is 0.394 e. The molecule has 0 bridgehead atoms. The summed E-state index contributed by atoms with van der Waals surface area (Å²) in [5, 5.41) is 209. The minimum atomic E-state index is -2.18. The van der Waals surface area contributed by atoms with E-state index in [1.54, 1.807) is 0 Å². The third-order valence-corrected chi connectivity index (χ3v) is 12.4. The standard InChI is InChI=1S/C36H62O31/c37-1-7-13(43)14(44)21(51)32(58-7)64-27-9(3-39)60-34(23(53)16(27)46)66-29-11(5-41)62-36(25(55)18(29)48)67-30-12(6-42)61-35(24(54)19(30)49)65-28-10(4-40)59-33(22(52)17(28)47)63-26-8(2-38)57-31(56)20(50)15(26)45/h7-56H,1-6H2/t7-,8-,9-,10-,11-,12-,13-,14+,15-,16-,17-,18-,19-,20-,21-,22-,23-,24-,25-,26-,27-,28-,29-,30-,31-,32-,33-,34-,35-,36-/m1/s1. The molecule has 0 spiro atoms. The highest BCUT2D eigenvalue weighted by Crippen LogP contribution is 2.36. The highest BCUT2D eigenvalue weighted by molar-refractivity contribution is 5.00. The first-order valence-corrected chi connectivity index (χ1v) is 21.1. The number of aliphatic hydroxyl groups is 20. The Balaban J connectivity index is 1.07. The molecule has 6 fully saturated rings. The second-order valence-electron chi connectivity index (χ2n) is 16.8. The Kier molecular flexibility index (Phi) is 19.4. The van der Waals surface area contributed by atoms with Crippen LogP contribution in [0, 0.1) is 0 Å². The fourth-order valence-electron chi connectivity index (χ4n) is 8.52. The minimum Gasteiger partial charge on any atom is -0.394 e. The predicted octanol–water partition coefficient (Wildman–Crippen LogP) is -14.1. The zero-order valence-electron chi connectivity index (χ0n) is 35.0. The van der Waals surface area contributed by atoms with Gasteiger partial charge in [0.25, 0.3) is 0 Å². The van der Waals surface area contributed by atoms with Crippen molar-refractivity contribution in [1.82, 2.24) is 0 Å². The second kappa shape index (κ2) is 23.5. The van der Waals surface area contributed by atoms with Crippen molar-refractivity contribution < 1.29 is 154 Å². The van der Waals surface area contributed by atoms with Crippen molar-refractivity contribution in [2.45, 2.75) is 184 Å². The van der Waals surface area contributed by atoms with Gasteiger partial charge in [-0.1, -0.05) is 0 Å². The molecule has 6 rings (SSSR count). The normalized spacial score (nSPS) is 53.4. The van der Waals surface area contributed by atoms with Crippen LogP contribution in [0.4, 0.5) is 0 Å². The van der Waals surface area contributed by atoms with E-state index < -0.39 is 224 Å². The van der Waals surface area contributed by atoms with Crippen molar-refractivity contribution in [3.63, 3.8) is 0 Å². The molecule has 31 heteroatoms. The van der Waals surface area contributed by atoms with Crippen molar-refractivity contribution in [3.05, 3.63) is 0 Å². The van der Waals surface area contributed by atoms with Gasteiger partial charge in [-0.3, -0.25) is 0 Å². The molecule has 31 nitrogen and oxygen atoms in total. The smallest absolute Gasteiger partial charge is 0.187 e. The van der Waals surface area contributed by atoms with Crippen LogP contribution in [0.1, 0.15) is 0 Å². The number of hydrogen-bond acceptors (Lipinski definition) is 31. The van der Waals surface area contributed by atoms with Gasteiger partial charge in [-0.25, -0.2) is 0 Å². The highest BCUT2D eigenvalue weighted by Gasteiger charge is 2.57. The Morgan fingerprint density at radius 3 is 0.687 bits per heavy atom. The molecule has 0 aliphatic carbocycles. The first-order chi connectivity index (χ1) is 31.8. The van der Waals surface area contributed by atoms with Gasteiger partial charge in [-0.2, -0.15) is 0 Å². The van der Waals surface area contributed by atoms with E-state index in [0.717, 1.165) is 0 Å². The van der Waals surface area contributed by atoms with E-state index in [1.165, 1.54) is 0 Å². The molecule has 0 aromatic heterocycles. The average molecular weight is 991 g/mol. The molecule has 0 aromatic carbocycles. The lowest BCUT2D eigenvalue weighted by Crippen LogP contribution is -2.68. The van der Waals surface area contributed by atoms with E-state index in [-0.39, 0.29) is 0 Å². The molecule has 0 saturated carbocycles. The fourth-order valence-corrected chi connectivity index (χ4v) is 8.52. The number of rotatable bonds is 16. The third kappa shape index (κ3) is 11.2. The van der Waals surface area contributed by atoms with Crippen molar-refractivity contribution >= 4 is 0 Å². The van der Waals surface area contributed by atoms with Crippen LogP contribution in [-0.2, 0) is 52.1 Å². The van der Waals surface area contributed by atoms with Gasteiger partial charge in [-0.05, 0) is 0 Å². The zero-order chi connectivity index (χ0) is 49.3. The lowest BCUT2D eigenvalue weighted by molar-refractivity contribution is -0.396. The van der Waals surface area contributed by atoms with Gasteiger partial charge >= 0.3 is 0 Å². The summed E-state index contributed by atoms with van der Waals surface area (Å²) in [6, 6.07) is 0. The molecule has 67 heavy (non-hydrogen) atoms. The predicted molar refractivity (Wildman–Crippen MR) is 199 cm³/mol. The number of hydrogen-bond donors (Lipinski definition) is 20. The summed E-state index contributed by atoms with van der Waals surface area (Å²) in [7, 11) is 0. The van der Waals surface area contributed by atoms with Crippen LogP contribution in [0.3, 0.4) is 0 Å². The third-order valence-electron chi connectivity index (χ3n) is 12.4. The average Bonchev–Trinajstić information content (AvgIpc) is 3.32. The first-order valence-electron chi connectivity index (χ1n) is 21.1. The Bertz CT molecular complexity index is 1500. The number of ether oxygens (including phenoxy) is 11. The maximum atomic E-state index is 11.2. The Hall–Kier alpha value is -1.24. The Morgan fingerprint density at radius 1 is 0.224 bits per heavy atom. The van der Waals surface area contributed by atoms with Gasteiger partial charge in [0, 0.05) is 0 Å². The van der Waals surface area contributed by atoms with Gasteiger partial charge in [-0.15, -0.1) is 0 Å². The quantitative estimate of drug-likeness (QED) is 0.0683. The molecular formula is C36H62O31. The molecule has 6 aliphatic rings. The fraction of sp³-hybridized carbons (Fsp3) is 1.00. The molecule has 0 amide bonds. The number of aliphatic hydroxyl groups excluding tert-OH is 20. The van der Waals surface area contributed by atoms with Crippen LogP contribution >= 0.6 is 0 Å². The monoisotopic (exact) mass is 990 g/mol. The van der Waals surface area contributed by atoms with Crippen LogP contribution < -0.4 is 0 Å². The van der Waals surface area contributed by atoms with E-state index in [9.17, 15) is 102 Å². The Morgan fingerprint density at radius 2 is 0.433 bits per heavy atom. The first kappa shape index (κ1) is 55.1. The molecule has 0 unspecified atom stereocenters. The second-order valence-corrected chi connectivity index (χ2v) is 16.8. The van der Waals surface area contributed by atoms with Gasteiger partial charge in [0.2, 0.25) is 0 Å². The van der Waals surface area contributed by atoms with Crippen molar-refractivity contribution in [2.75, 3.05) is 39.6 Å². The van der Waals surface area contributed by atoms with Gasteiger partial charge < -0.3 is 154 Å². The van der Waals surface area contributed by atoms with E-state index in [0.29, 0.717) is 0 Å². The zero-order valence-corrected chi connectivity index (χ0v) is 35.0. The summed E-state index contributed by atoms with van der Waals surface area (Å²) < 4.78 is 60.5. The van der Waals surface area contributed by atoms with Crippen LogP contribution in [0.5, 0.6) is 0 Å². The maximum Gasteiger partial charge on any atom is 0.187 e. The summed E-state index contributed by atoms with van der Waals surface area (Å²) in [5.74, 6) is 0. The molecule has 20 N–H and O–H groups in total. The van der Waals surface area contributed by atoms with Gasteiger partial charge in [0.15, 0.2) is 37.7 Å². The lowest BCUT2D eigenvalue weighted by Gasteiger charge is -2.49. The lowest BCUT2D eigenvalue weighted by atomic mass is 9.95. The van der Waals surface area contributed by atoms with E-state index in [2.05, 4.69) is 0 Å². The van der Waals surface area contributed by atoms with E-state index in [1.807, 2.05) is 0 Å². The Labute approximate surface area is 378 Å². The topological polar surface area (TPSA) is 506 Å².